The Morgan fingerprint density at radius 3 is 2.39 bits per heavy atom. The molecule has 5 nitrogen and oxygen atoms in total. The first kappa shape index (κ1) is 20.7. The maximum absolute atomic E-state index is 13.1. The van der Waals surface area contributed by atoms with Gasteiger partial charge in [0.15, 0.2) is 0 Å². The molecule has 3 aromatic rings. The highest BCUT2D eigenvalue weighted by molar-refractivity contribution is 6.46. The summed E-state index contributed by atoms with van der Waals surface area (Å²) in [4.78, 5) is 27.6. The van der Waals surface area contributed by atoms with Crippen molar-refractivity contribution in [3.8, 4) is 5.75 Å². The van der Waals surface area contributed by atoms with Gasteiger partial charge in [0.25, 0.3) is 11.7 Å². The van der Waals surface area contributed by atoms with Crippen molar-refractivity contribution in [3.05, 3.63) is 106 Å². The summed E-state index contributed by atoms with van der Waals surface area (Å²) in [6.07, 6.45) is 0. The van der Waals surface area contributed by atoms with E-state index in [4.69, 9.17) is 16.3 Å². The zero-order valence-electron chi connectivity index (χ0n) is 16.8. The van der Waals surface area contributed by atoms with Gasteiger partial charge in [0, 0.05) is 17.1 Å². The number of hydrogen-bond acceptors (Lipinski definition) is 4. The third-order valence-corrected chi connectivity index (χ3v) is 5.51. The Morgan fingerprint density at radius 2 is 1.71 bits per heavy atom. The van der Waals surface area contributed by atoms with Gasteiger partial charge in [0.05, 0.1) is 18.7 Å². The van der Waals surface area contributed by atoms with E-state index in [0.29, 0.717) is 21.9 Å². The van der Waals surface area contributed by atoms with E-state index in [9.17, 15) is 14.7 Å². The molecule has 1 N–H and O–H groups in total. The van der Waals surface area contributed by atoms with Crippen LogP contribution in [0.15, 0.2) is 84.4 Å². The number of hydrogen-bond donors (Lipinski definition) is 1. The van der Waals surface area contributed by atoms with Gasteiger partial charge in [-0.1, -0.05) is 54.1 Å². The van der Waals surface area contributed by atoms with E-state index in [0.717, 1.165) is 5.56 Å². The predicted molar refractivity (Wildman–Crippen MR) is 119 cm³/mol. The first-order valence-corrected chi connectivity index (χ1v) is 10.1. The fourth-order valence-electron chi connectivity index (χ4n) is 3.74. The molecule has 1 fully saturated rings. The normalized spacial score (nSPS) is 17.7. The Balaban J connectivity index is 1.87. The molecule has 1 aliphatic heterocycles. The highest BCUT2D eigenvalue weighted by Gasteiger charge is 2.46. The largest absolute Gasteiger partial charge is 0.507 e. The number of nitrogens with zero attached hydrogens (tertiary/aromatic N) is 1. The number of ketones is 1. The van der Waals surface area contributed by atoms with Crippen LogP contribution in [-0.2, 0) is 16.1 Å². The number of Topliss-reactive ketones (excluding diaryl/α,β-unsaturated/α-hetero) is 1. The Bertz CT molecular complexity index is 1160. The Morgan fingerprint density at radius 1 is 1.00 bits per heavy atom. The first-order valence-electron chi connectivity index (χ1n) is 9.72. The molecule has 6 heteroatoms. The minimum Gasteiger partial charge on any atom is -0.507 e. The first-order chi connectivity index (χ1) is 15.0. The molecule has 0 spiro atoms. The van der Waals surface area contributed by atoms with Gasteiger partial charge in [-0.25, -0.2) is 0 Å². The quantitative estimate of drug-likeness (QED) is 0.350. The summed E-state index contributed by atoms with van der Waals surface area (Å²) in [6.45, 7) is 0.227. The number of aliphatic hydroxyl groups is 1. The molecule has 156 valence electrons. The lowest BCUT2D eigenvalue weighted by Gasteiger charge is -2.25. The summed E-state index contributed by atoms with van der Waals surface area (Å²) < 4.78 is 5.33. The number of amides is 1. The SMILES string of the molecule is COc1cccc(C2/C(=C(\O)c3ccc(Cl)cc3)C(=O)C(=O)N2Cc2ccccc2)c1. The molecule has 0 aliphatic carbocycles. The fourth-order valence-corrected chi connectivity index (χ4v) is 3.87. The number of ether oxygens (including phenoxy) is 1. The standard InChI is InChI=1S/C25H20ClNO4/c1-31-20-9-5-8-18(14-20)22-21(23(28)17-10-12-19(26)13-11-17)24(29)25(30)27(22)15-16-6-3-2-4-7-16/h2-14,22,28H,15H2,1H3/b23-21+. The van der Waals surface area contributed by atoms with E-state index < -0.39 is 17.7 Å². The molecule has 1 saturated heterocycles. The van der Waals surface area contributed by atoms with Gasteiger partial charge in [-0.15, -0.1) is 0 Å². The Hall–Kier alpha value is -3.57. The predicted octanol–water partition coefficient (Wildman–Crippen LogP) is 4.97. The number of halogens is 1. The summed E-state index contributed by atoms with van der Waals surface area (Å²) in [5, 5.41) is 11.6. The molecule has 1 atom stereocenters. The number of likely N-dealkylation sites (tertiary alicyclic amines) is 1. The molecule has 1 amide bonds. The summed E-state index contributed by atoms with van der Waals surface area (Å²) >= 11 is 5.96. The molecule has 1 unspecified atom stereocenters. The summed E-state index contributed by atoms with van der Waals surface area (Å²) in [6, 6.07) is 22.3. The number of rotatable bonds is 5. The summed E-state index contributed by atoms with van der Waals surface area (Å²) in [5.74, 6) is -1.03. The average Bonchev–Trinajstić information content (AvgIpc) is 3.05. The number of aliphatic hydroxyl groups excluding tert-OH is 1. The van der Waals surface area contributed by atoms with Crippen molar-refractivity contribution in [1.29, 1.82) is 0 Å². The minimum atomic E-state index is -0.758. The smallest absolute Gasteiger partial charge is 0.295 e. The third-order valence-electron chi connectivity index (χ3n) is 5.26. The van der Waals surface area contributed by atoms with Crippen LogP contribution in [0.3, 0.4) is 0 Å². The van der Waals surface area contributed by atoms with Crippen molar-refractivity contribution in [3.63, 3.8) is 0 Å². The molecule has 0 aromatic heterocycles. The van der Waals surface area contributed by atoms with Gasteiger partial charge in [-0.2, -0.15) is 0 Å². The van der Waals surface area contributed by atoms with Crippen LogP contribution < -0.4 is 4.74 Å². The lowest BCUT2D eigenvalue weighted by molar-refractivity contribution is -0.140. The Kier molecular flexibility index (Phi) is 5.78. The molecule has 3 aromatic carbocycles. The minimum absolute atomic E-state index is 0.0384. The maximum Gasteiger partial charge on any atom is 0.295 e. The van der Waals surface area contributed by atoms with Crippen LogP contribution in [0.4, 0.5) is 0 Å². The van der Waals surface area contributed by atoms with E-state index in [2.05, 4.69) is 0 Å². The second-order valence-corrected chi connectivity index (χ2v) is 7.63. The van der Waals surface area contributed by atoms with Crippen LogP contribution in [0.5, 0.6) is 5.75 Å². The zero-order valence-corrected chi connectivity index (χ0v) is 17.5. The van der Waals surface area contributed by atoms with Crippen LogP contribution in [0, 0.1) is 0 Å². The van der Waals surface area contributed by atoms with E-state index in [1.54, 1.807) is 49.6 Å². The molecule has 1 heterocycles. The molecule has 0 bridgehead atoms. The van der Waals surface area contributed by atoms with Gasteiger partial charge in [-0.05, 0) is 47.5 Å². The van der Waals surface area contributed by atoms with Crippen LogP contribution in [0.25, 0.3) is 5.76 Å². The van der Waals surface area contributed by atoms with Crippen LogP contribution in [0.2, 0.25) is 5.02 Å². The number of carbonyl (C=O) groups is 2. The molecule has 0 radical (unpaired) electrons. The highest BCUT2D eigenvalue weighted by atomic mass is 35.5. The van der Waals surface area contributed by atoms with Gasteiger partial charge in [-0.3, -0.25) is 9.59 Å². The molecular weight excluding hydrogens is 414 g/mol. The van der Waals surface area contributed by atoms with Crippen molar-refractivity contribution in [2.45, 2.75) is 12.6 Å². The molecule has 31 heavy (non-hydrogen) atoms. The van der Waals surface area contributed by atoms with Crippen molar-refractivity contribution in [2.75, 3.05) is 7.11 Å². The molecular formula is C25H20ClNO4. The number of carbonyl (C=O) groups excluding carboxylic acids is 2. The van der Waals surface area contributed by atoms with Gasteiger partial charge < -0.3 is 14.7 Å². The van der Waals surface area contributed by atoms with Crippen molar-refractivity contribution >= 4 is 29.1 Å². The second kappa shape index (κ2) is 8.66. The molecule has 1 aliphatic rings. The van der Waals surface area contributed by atoms with E-state index >= 15 is 0 Å². The van der Waals surface area contributed by atoms with Crippen LogP contribution >= 0.6 is 11.6 Å². The lowest BCUT2D eigenvalue weighted by Crippen LogP contribution is -2.29. The highest BCUT2D eigenvalue weighted by Crippen LogP contribution is 2.41. The number of methoxy groups -OCH3 is 1. The lowest BCUT2D eigenvalue weighted by atomic mass is 9.95. The summed E-state index contributed by atoms with van der Waals surface area (Å²) in [5.41, 5.74) is 2.00. The number of benzene rings is 3. The van der Waals surface area contributed by atoms with E-state index in [-0.39, 0.29) is 17.9 Å². The van der Waals surface area contributed by atoms with Crippen LogP contribution in [0.1, 0.15) is 22.7 Å². The van der Waals surface area contributed by atoms with E-state index in [1.807, 2.05) is 36.4 Å². The van der Waals surface area contributed by atoms with Gasteiger partial charge >= 0.3 is 0 Å². The van der Waals surface area contributed by atoms with Crippen molar-refractivity contribution in [2.24, 2.45) is 0 Å². The van der Waals surface area contributed by atoms with Crippen LogP contribution in [-0.4, -0.2) is 28.8 Å². The van der Waals surface area contributed by atoms with Gasteiger partial charge in [0.1, 0.15) is 11.5 Å². The third kappa shape index (κ3) is 4.05. The molecule has 0 saturated carbocycles. The summed E-state index contributed by atoms with van der Waals surface area (Å²) in [7, 11) is 1.55. The monoisotopic (exact) mass is 433 g/mol. The topological polar surface area (TPSA) is 66.8 Å². The van der Waals surface area contributed by atoms with E-state index in [1.165, 1.54) is 4.90 Å². The van der Waals surface area contributed by atoms with Crippen molar-refractivity contribution in [1.82, 2.24) is 4.90 Å². The second-order valence-electron chi connectivity index (χ2n) is 7.20. The van der Waals surface area contributed by atoms with Crippen molar-refractivity contribution < 1.29 is 19.4 Å². The Labute approximate surface area is 185 Å². The zero-order chi connectivity index (χ0) is 22.0. The molecule has 4 rings (SSSR count). The maximum atomic E-state index is 13.1. The average molecular weight is 434 g/mol. The van der Waals surface area contributed by atoms with Gasteiger partial charge in [0.2, 0.25) is 0 Å². The fraction of sp³-hybridized carbons (Fsp3) is 0.120.